The van der Waals surface area contributed by atoms with Crippen LogP contribution in [0.4, 0.5) is 0 Å². The summed E-state index contributed by atoms with van der Waals surface area (Å²) >= 11 is 4.24. The molecule has 4 heteroatoms. The van der Waals surface area contributed by atoms with Crippen LogP contribution < -0.4 is 0 Å². The molecule has 1 heterocycles. The SMILES string of the molecule is C.C=CN1CC[N+](C)=C1C.II. The summed E-state index contributed by atoms with van der Waals surface area (Å²) in [6.07, 6.45) is 1.87. The van der Waals surface area contributed by atoms with Gasteiger partial charge in [0.25, 0.3) is 0 Å². The van der Waals surface area contributed by atoms with Crippen LogP contribution >= 0.6 is 37.2 Å². The van der Waals surface area contributed by atoms with Crippen LogP contribution in [0.25, 0.3) is 0 Å². The molecule has 1 aliphatic heterocycles. The van der Waals surface area contributed by atoms with E-state index >= 15 is 0 Å². The molecule has 72 valence electrons. The topological polar surface area (TPSA) is 6.25 Å². The van der Waals surface area contributed by atoms with Crippen LogP contribution in [0.3, 0.4) is 0 Å². The lowest BCUT2D eigenvalue weighted by Gasteiger charge is -2.00. The van der Waals surface area contributed by atoms with E-state index in [1.165, 1.54) is 5.84 Å². The van der Waals surface area contributed by atoms with Crippen molar-refractivity contribution >= 4 is 43.1 Å². The van der Waals surface area contributed by atoms with Gasteiger partial charge in [0.1, 0.15) is 13.1 Å². The van der Waals surface area contributed by atoms with E-state index < -0.39 is 0 Å². The molecule has 12 heavy (non-hydrogen) atoms. The minimum Gasteiger partial charge on any atom is -0.264 e. The Balaban J connectivity index is 0. The molecule has 0 atom stereocenters. The fourth-order valence-electron chi connectivity index (χ4n) is 1.02. The molecule has 2 nitrogen and oxygen atoms in total. The first kappa shape index (κ1) is 15.2. The summed E-state index contributed by atoms with van der Waals surface area (Å²) in [6.45, 7) is 8.02. The average molecular weight is 395 g/mol. The van der Waals surface area contributed by atoms with Crippen LogP contribution in [0.1, 0.15) is 14.4 Å². The molecule has 0 aromatic carbocycles. The minimum atomic E-state index is 0. The fourth-order valence-corrected chi connectivity index (χ4v) is 1.02. The van der Waals surface area contributed by atoms with Crippen LogP contribution in [0, 0.1) is 0 Å². The Labute approximate surface area is 99.0 Å². The Bertz CT molecular complexity index is 166. The van der Waals surface area contributed by atoms with E-state index in [4.69, 9.17) is 0 Å². The monoisotopic (exact) mass is 395 g/mol. The Hall–Kier alpha value is 0.670. The second-order valence-corrected chi connectivity index (χ2v) is 2.34. The zero-order valence-electron chi connectivity index (χ0n) is 6.85. The molecule has 0 aromatic heterocycles. The summed E-state index contributed by atoms with van der Waals surface area (Å²) in [5.74, 6) is 1.30. The van der Waals surface area contributed by atoms with Crippen LogP contribution in [0.2, 0.25) is 0 Å². The zero-order valence-corrected chi connectivity index (χ0v) is 11.2. The smallest absolute Gasteiger partial charge is 0.248 e. The quantitative estimate of drug-likeness (QED) is 0.489. The molecular formula is C8H17I2N2+. The van der Waals surface area contributed by atoms with E-state index in [1.54, 1.807) is 0 Å². The van der Waals surface area contributed by atoms with Crippen molar-refractivity contribution in [3.8, 4) is 0 Å². The number of hydrogen-bond donors (Lipinski definition) is 0. The predicted octanol–water partition coefficient (Wildman–Crippen LogP) is 2.91. The van der Waals surface area contributed by atoms with E-state index in [0.717, 1.165) is 13.1 Å². The highest BCUT2D eigenvalue weighted by atomic mass is 128. The first-order valence-corrected chi connectivity index (χ1v) is 9.62. The Kier molecular flexibility index (Phi) is 10.5. The van der Waals surface area contributed by atoms with Crippen LogP contribution in [-0.2, 0) is 0 Å². The van der Waals surface area contributed by atoms with Gasteiger partial charge in [-0.2, -0.15) is 0 Å². The van der Waals surface area contributed by atoms with Gasteiger partial charge in [-0.1, -0.05) is 14.0 Å². The number of nitrogens with zero attached hydrogens (tertiary/aromatic N) is 2. The fraction of sp³-hybridized carbons (Fsp3) is 0.625. The van der Waals surface area contributed by atoms with Crippen LogP contribution in [-0.4, -0.2) is 35.4 Å². The molecule has 1 aliphatic rings. The maximum atomic E-state index is 3.71. The van der Waals surface area contributed by atoms with Gasteiger partial charge in [-0.15, -0.1) is 0 Å². The summed E-state index contributed by atoms with van der Waals surface area (Å²) in [6, 6.07) is 0. The average Bonchev–Trinajstić information content (AvgIpc) is 2.37. The number of halogens is 2. The third kappa shape index (κ3) is 4.06. The van der Waals surface area contributed by atoms with E-state index in [-0.39, 0.29) is 7.43 Å². The molecule has 0 aromatic rings. The predicted molar refractivity (Wildman–Crippen MR) is 73.4 cm³/mol. The lowest BCUT2D eigenvalue weighted by atomic mass is 10.5. The van der Waals surface area contributed by atoms with Gasteiger partial charge in [-0.25, -0.2) is 4.90 Å². The Morgan fingerprint density at radius 3 is 2.25 bits per heavy atom. The minimum absolute atomic E-state index is 0. The lowest BCUT2D eigenvalue weighted by Crippen LogP contribution is -2.19. The first-order valence-electron chi connectivity index (χ1n) is 3.34. The van der Waals surface area contributed by atoms with Crippen LogP contribution in [0.5, 0.6) is 0 Å². The molecule has 1 rings (SSSR count). The van der Waals surface area contributed by atoms with Gasteiger partial charge in [0.2, 0.25) is 5.84 Å². The van der Waals surface area contributed by atoms with Gasteiger partial charge in [-0.05, 0) is 0 Å². The van der Waals surface area contributed by atoms with Crippen molar-refractivity contribution in [2.45, 2.75) is 14.4 Å². The molecule has 0 spiro atoms. The van der Waals surface area contributed by atoms with Gasteiger partial charge < -0.3 is 0 Å². The highest BCUT2D eigenvalue weighted by molar-refractivity contribution is 15.0. The summed E-state index contributed by atoms with van der Waals surface area (Å²) in [5, 5.41) is 0. The largest absolute Gasteiger partial charge is 0.264 e. The van der Waals surface area contributed by atoms with E-state index in [1.807, 2.05) is 6.20 Å². The van der Waals surface area contributed by atoms with E-state index in [2.05, 4.69) is 67.3 Å². The van der Waals surface area contributed by atoms with Crippen LogP contribution in [0.15, 0.2) is 12.8 Å². The van der Waals surface area contributed by atoms with Crippen molar-refractivity contribution in [1.82, 2.24) is 4.90 Å². The van der Waals surface area contributed by atoms with Crippen molar-refractivity contribution in [3.05, 3.63) is 12.8 Å². The molecule has 0 saturated carbocycles. The maximum absolute atomic E-state index is 3.71. The van der Waals surface area contributed by atoms with E-state index in [0.29, 0.717) is 0 Å². The van der Waals surface area contributed by atoms with Crippen molar-refractivity contribution < 1.29 is 4.58 Å². The molecule has 0 aliphatic carbocycles. The van der Waals surface area contributed by atoms with Gasteiger partial charge in [0, 0.05) is 44.2 Å². The third-order valence-electron chi connectivity index (χ3n) is 1.86. The second-order valence-electron chi connectivity index (χ2n) is 2.34. The normalized spacial score (nSPS) is 14.8. The molecule has 0 saturated heterocycles. The van der Waals surface area contributed by atoms with Gasteiger partial charge in [0.05, 0.1) is 13.2 Å². The number of hydrogen-bond acceptors (Lipinski definition) is 1. The maximum Gasteiger partial charge on any atom is 0.248 e. The van der Waals surface area contributed by atoms with Gasteiger partial charge >= 0.3 is 0 Å². The first-order chi connectivity index (χ1) is 5.25. The Morgan fingerprint density at radius 2 is 2.08 bits per heavy atom. The standard InChI is InChI=1S/C7H13N2.CH4.I2/c1-4-9-6-5-8(3)7(9)2;;1-2/h4H,1,5-6H2,2-3H3;1H4;/q+1;;. The highest BCUT2D eigenvalue weighted by Gasteiger charge is 2.20. The summed E-state index contributed by atoms with van der Waals surface area (Å²) in [4.78, 5) is 2.15. The number of likely N-dealkylation sites (N-methyl/N-ethyl adjacent to an activating group) is 1. The molecule has 0 bridgehead atoms. The van der Waals surface area contributed by atoms with Gasteiger partial charge in [-0.3, -0.25) is 4.58 Å². The lowest BCUT2D eigenvalue weighted by molar-refractivity contribution is -0.487. The molecule has 0 unspecified atom stereocenters. The number of amidine groups is 1. The summed E-state index contributed by atoms with van der Waals surface area (Å²) in [5.41, 5.74) is 0. The molecule has 0 radical (unpaired) electrons. The summed E-state index contributed by atoms with van der Waals surface area (Å²) < 4.78 is 2.22. The Morgan fingerprint density at radius 1 is 1.58 bits per heavy atom. The zero-order chi connectivity index (χ0) is 8.85. The molecule has 0 amide bonds. The summed E-state index contributed by atoms with van der Waals surface area (Å²) in [7, 11) is 2.10. The molecule has 0 N–H and O–H groups in total. The molecular weight excluding hydrogens is 378 g/mol. The second kappa shape index (κ2) is 8.28. The van der Waals surface area contributed by atoms with Crippen molar-refractivity contribution in [2.75, 3.05) is 20.1 Å². The highest BCUT2D eigenvalue weighted by Crippen LogP contribution is 1.98. The molecule has 0 fully saturated rings. The van der Waals surface area contributed by atoms with Crippen molar-refractivity contribution in [2.24, 2.45) is 0 Å². The third-order valence-corrected chi connectivity index (χ3v) is 1.86. The van der Waals surface area contributed by atoms with Crippen molar-refractivity contribution in [1.29, 1.82) is 0 Å². The number of rotatable bonds is 1. The van der Waals surface area contributed by atoms with E-state index in [9.17, 15) is 0 Å². The van der Waals surface area contributed by atoms with Crippen molar-refractivity contribution in [3.63, 3.8) is 0 Å². The van der Waals surface area contributed by atoms with Gasteiger partial charge in [0.15, 0.2) is 0 Å².